The van der Waals surface area contributed by atoms with Crippen molar-refractivity contribution in [1.29, 1.82) is 0 Å². The Morgan fingerprint density at radius 2 is 2.03 bits per heavy atom. The summed E-state index contributed by atoms with van der Waals surface area (Å²) < 4.78 is 6.85. The highest BCUT2D eigenvalue weighted by molar-refractivity contribution is 9.10. The predicted molar refractivity (Wildman–Crippen MR) is 140 cm³/mol. The maximum Gasteiger partial charge on any atom is 0.254 e. The predicted octanol–water partition coefficient (Wildman–Crippen LogP) is 6.00. The lowest BCUT2D eigenvalue weighted by molar-refractivity contribution is -0.135. The number of carbonyl (C=O) groups excluding carboxylic acids is 2. The molecule has 0 radical (unpaired) electrons. The highest BCUT2D eigenvalue weighted by Gasteiger charge is 2.33. The second-order valence-corrected chi connectivity index (χ2v) is 10.3. The summed E-state index contributed by atoms with van der Waals surface area (Å²) in [5.74, 6) is 0.362. The van der Waals surface area contributed by atoms with Crippen molar-refractivity contribution in [1.82, 2.24) is 9.80 Å². The Kier molecular flexibility index (Phi) is 8.08. The Morgan fingerprint density at radius 3 is 2.76 bits per heavy atom. The van der Waals surface area contributed by atoms with Crippen LogP contribution in [0.3, 0.4) is 0 Å². The maximum atomic E-state index is 13.5. The van der Waals surface area contributed by atoms with E-state index in [2.05, 4.69) is 34.0 Å². The number of nitrogens with zero attached hydrogens (tertiary/aromatic N) is 2. The molecule has 5 nitrogen and oxygen atoms in total. The first-order valence-corrected chi connectivity index (χ1v) is 12.9. The van der Waals surface area contributed by atoms with Gasteiger partial charge in [-0.15, -0.1) is 17.9 Å². The number of benzene rings is 2. The van der Waals surface area contributed by atoms with Crippen molar-refractivity contribution in [3.05, 3.63) is 98.1 Å². The van der Waals surface area contributed by atoms with Crippen molar-refractivity contribution >= 4 is 50.7 Å². The molecule has 1 aliphatic heterocycles. The summed E-state index contributed by atoms with van der Waals surface area (Å²) in [5.41, 5.74) is 1.62. The van der Waals surface area contributed by atoms with E-state index in [0.717, 1.165) is 16.5 Å². The number of carbonyl (C=O) groups is 2. The van der Waals surface area contributed by atoms with Crippen LogP contribution in [0.15, 0.2) is 77.1 Å². The van der Waals surface area contributed by atoms with E-state index >= 15 is 0 Å². The SMILES string of the molecule is C=CCN(CC(=O)N1CCc2sccc2[C@H]1COc1ccc(Cl)cc1)C(=O)c1cccc(Br)c1. The van der Waals surface area contributed by atoms with Gasteiger partial charge in [0, 0.05) is 33.0 Å². The van der Waals surface area contributed by atoms with E-state index in [1.165, 1.54) is 9.78 Å². The summed E-state index contributed by atoms with van der Waals surface area (Å²) in [4.78, 5) is 31.3. The van der Waals surface area contributed by atoms with Gasteiger partial charge in [-0.05, 0) is 65.9 Å². The molecule has 0 unspecified atom stereocenters. The van der Waals surface area contributed by atoms with Crippen LogP contribution >= 0.6 is 38.9 Å². The quantitative estimate of drug-likeness (QED) is 0.318. The van der Waals surface area contributed by atoms with E-state index in [1.807, 2.05) is 23.1 Å². The van der Waals surface area contributed by atoms with E-state index in [1.54, 1.807) is 47.7 Å². The molecule has 2 amide bonds. The zero-order chi connectivity index (χ0) is 24.1. The number of hydrogen-bond acceptors (Lipinski definition) is 4. The van der Waals surface area contributed by atoms with Gasteiger partial charge in [0.05, 0.1) is 6.04 Å². The lowest BCUT2D eigenvalue weighted by Gasteiger charge is -2.37. The van der Waals surface area contributed by atoms with Gasteiger partial charge in [-0.1, -0.05) is 39.7 Å². The number of halogens is 2. The van der Waals surface area contributed by atoms with E-state index in [-0.39, 0.29) is 30.9 Å². The molecule has 0 saturated carbocycles. The Labute approximate surface area is 216 Å². The number of fused-ring (bicyclic) bond motifs is 1. The monoisotopic (exact) mass is 558 g/mol. The Bertz CT molecular complexity index is 1180. The molecule has 1 aliphatic rings. The summed E-state index contributed by atoms with van der Waals surface area (Å²) in [6, 6.07) is 16.2. The Balaban J connectivity index is 1.52. The second kappa shape index (κ2) is 11.2. The molecular formula is C26H24BrClN2O3S. The molecule has 2 heterocycles. The molecule has 1 atom stereocenters. The van der Waals surface area contributed by atoms with Crippen molar-refractivity contribution in [3.8, 4) is 5.75 Å². The number of thiophene rings is 1. The number of rotatable bonds is 8. The van der Waals surface area contributed by atoms with Gasteiger partial charge in [0.1, 0.15) is 18.9 Å². The minimum Gasteiger partial charge on any atom is -0.491 e. The van der Waals surface area contributed by atoms with E-state index in [4.69, 9.17) is 16.3 Å². The molecule has 0 N–H and O–H groups in total. The molecule has 2 aromatic carbocycles. The minimum atomic E-state index is -0.232. The lowest BCUT2D eigenvalue weighted by Crippen LogP contribution is -2.47. The second-order valence-electron chi connectivity index (χ2n) is 7.90. The molecule has 176 valence electrons. The summed E-state index contributed by atoms with van der Waals surface area (Å²) in [7, 11) is 0. The molecule has 1 aromatic heterocycles. The van der Waals surface area contributed by atoms with Crippen molar-refractivity contribution < 1.29 is 14.3 Å². The summed E-state index contributed by atoms with van der Waals surface area (Å²) >= 11 is 11.1. The highest BCUT2D eigenvalue weighted by atomic mass is 79.9. The van der Waals surface area contributed by atoms with Crippen LogP contribution in [-0.2, 0) is 11.2 Å². The third kappa shape index (κ3) is 5.71. The van der Waals surface area contributed by atoms with Crippen LogP contribution in [0.25, 0.3) is 0 Å². The molecule has 8 heteroatoms. The van der Waals surface area contributed by atoms with Gasteiger partial charge in [-0.2, -0.15) is 0 Å². The molecule has 0 aliphatic carbocycles. The zero-order valence-electron chi connectivity index (χ0n) is 18.5. The lowest BCUT2D eigenvalue weighted by atomic mass is 10.0. The molecule has 0 bridgehead atoms. The first kappa shape index (κ1) is 24.5. The fourth-order valence-electron chi connectivity index (χ4n) is 4.01. The molecular weight excluding hydrogens is 536 g/mol. The van der Waals surface area contributed by atoms with Gasteiger partial charge < -0.3 is 14.5 Å². The van der Waals surface area contributed by atoms with Crippen LogP contribution in [0.2, 0.25) is 5.02 Å². The third-order valence-corrected chi connectivity index (χ3v) is 7.41. The van der Waals surface area contributed by atoms with E-state index < -0.39 is 0 Å². The van der Waals surface area contributed by atoms with Crippen molar-refractivity contribution in [2.75, 3.05) is 26.2 Å². The summed E-state index contributed by atoms with van der Waals surface area (Å²) in [6.07, 6.45) is 2.43. The normalized spacial score (nSPS) is 14.9. The summed E-state index contributed by atoms with van der Waals surface area (Å²) in [5, 5.41) is 2.69. The van der Waals surface area contributed by atoms with E-state index in [9.17, 15) is 9.59 Å². The van der Waals surface area contributed by atoms with E-state index in [0.29, 0.717) is 29.5 Å². The maximum absolute atomic E-state index is 13.5. The molecule has 34 heavy (non-hydrogen) atoms. The van der Waals surface area contributed by atoms with Gasteiger partial charge in [0.2, 0.25) is 5.91 Å². The molecule has 0 spiro atoms. The fourth-order valence-corrected chi connectivity index (χ4v) is 5.47. The van der Waals surface area contributed by atoms with Crippen LogP contribution in [-0.4, -0.2) is 47.9 Å². The average Bonchev–Trinajstić information content (AvgIpc) is 3.32. The van der Waals surface area contributed by atoms with Crippen LogP contribution in [0, 0.1) is 0 Å². The van der Waals surface area contributed by atoms with Gasteiger partial charge in [-0.3, -0.25) is 9.59 Å². The Hall–Kier alpha value is -2.61. The average molecular weight is 560 g/mol. The van der Waals surface area contributed by atoms with Crippen molar-refractivity contribution in [3.63, 3.8) is 0 Å². The standard InChI is InChI=1S/C26H24BrClN2O3S/c1-2-12-29(26(32)18-4-3-5-19(27)15-18)16-25(31)30-13-10-24-22(11-14-34-24)23(30)17-33-21-8-6-20(28)7-9-21/h2-9,11,14-15,23H,1,10,12-13,16-17H2/t23-/m1/s1. The number of hydrogen-bond donors (Lipinski definition) is 0. The van der Waals surface area contributed by atoms with Gasteiger partial charge >= 0.3 is 0 Å². The number of ether oxygens (including phenoxy) is 1. The molecule has 0 saturated heterocycles. The topological polar surface area (TPSA) is 49.9 Å². The molecule has 4 rings (SSSR count). The van der Waals surface area contributed by atoms with Crippen LogP contribution in [0.5, 0.6) is 5.75 Å². The van der Waals surface area contributed by atoms with Crippen LogP contribution in [0.1, 0.15) is 26.8 Å². The number of amides is 2. The minimum absolute atomic E-state index is 0.0335. The van der Waals surface area contributed by atoms with Gasteiger partial charge in [-0.25, -0.2) is 0 Å². The zero-order valence-corrected chi connectivity index (χ0v) is 21.6. The fraction of sp³-hybridized carbons (Fsp3) is 0.231. The molecule has 3 aromatic rings. The highest BCUT2D eigenvalue weighted by Crippen LogP contribution is 2.34. The third-order valence-electron chi connectivity index (χ3n) is 5.67. The largest absolute Gasteiger partial charge is 0.491 e. The van der Waals surface area contributed by atoms with Gasteiger partial charge in [0.25, 0.3) is 5.91 Å². The molecule has 0 fully saturated rings. The van der Waals surface area contributed by atoms with Crippen LogP contribution in [0.4, 0.5) is 0 Å². The first-order valence-electron chi connectivity index (χ1n) is 10.9. The van der Waals surface area contributed by atoms with Gasteiger partial charge in [0.15, 0.2) is 0 Å². The summed E-state index contributed by atoms with van der Waals surface area (Å²) in [6.45, 7) is 4.90. The van der Waals surface area contributed by atoms with Crippen molar-refractivity contribution in [2.24, 2.45) is 0 Å². The van der Waals surface area contributed by atoms with Crippen molar-refractivity contribution in [2.45, 2.75) is 12.5 Å². The smallest absolute Gasteiger partial charge is 0.254 e. The van der Waals surface area contributed by atoms with Crippen LogP contribution < -0.4 is 4.74 Å². The Morgan fingerprint density at radius 1 is 1.24 bits per heavy atom. The first-order chi connectivity index (χ1) is 16.5.